The molecule has 0 aliphatic rings. The average Bonchev–Trinajstić information content (AvgIpc) is 3.60. The molecule has 8 heteroatoms. The minimum absolute atomic E-state index is 0.685. The molecule has 0 atom stereocenters. The minimum Gasteiger partial charge on any atom is -0.476 e. The average molecular weight is 619 g/mol. The molecule has 240 valence electrons. The standard InChI is InChI=1S/2C19H23N3O/c2*1-21(2)13-8-14-23-19-17-11-6-7-12-18(17)22(20-19)15-16-9-4-3-5-10-16/h2*3-7,9-12H,8,13-15H2,1-2H3. The molecule has 4 aromatic carbocycles. The van der Waals surface area contributed by atoms with Crippen LogP contribution in [0, 0.1) is 0 Å². The molecule has 46 heavy (non-hydrogen) atoms. The number of hydrogen-bond donors (Lipinski definition) is 0. The van der Waals surface area contributed by atoms with E-state index in [0.29, 0.717) is 13.2 Å². The van der Waals surface area contributed by atoms with Crippen molar-refractivity contribution in [1.82, 2.24) is 29.4 Å². The molecule has 8 nitrogen and oxygen atoms in total. The lowest BCUT2D eigenvalue weighted by Crippen LogP contribution is -2.15. The Kier molecular flexibility index (Phi) is 11.8. The number of fused-ring (bicyclic) bond motifs is 2. The van der Waals surface area contributed by atoms with E-state index >= 15 is 0 Å². The molecular formula is C38H46N6O2. The number of nitrogens with zero attached hydrogens (tertiary/aromatic N) is 6. The fraction of sp³-hybridized carbons (Fsp3) is 0.316. The van der Waals surface area contributed by atoms with Crippen molar-refractivity contribution in [2.45, 2.75) is 25.9 Å². The van der Waals surface area contributed by atoms with Crippen LogP contribution in [0.25, 0.3) is 21.8 Å². The van der Waals surface area contributed by atoms with Crippen LogP contribution in [0.2, 0.25) is 0 Å². The van der Waals surface area contributed by atoms with E-state index in [1.165, 1.54) is 11.1 Å². The van der Waals surface area contributed by atoms with Gasteiger partial charge in [0, 0.05) is 13.1 Å². The molecule has 0 aliphatic carbocycles. The smallest absolute Gasteiger partial charge is 0.240 e. The Labute approximate surface area is 272 Å². The predicted molar refractivity (Wildman–Crippen MR) is 188 cm³/mol. The van der Waals surface area contributed by atoms with Crippen LogP contribution in [-0.2, 0) is 13.1 Å². The van der Waals surface area contributed by atoms with Gasteiger partial charge in [-0.2, -0.15) is 0 Å². The van der Waals surface area contributed by atoms with Crippen LogP contribution in [0.15, 0.2) is 109 Å². The molecule has 6 aromatic rings. The Hall–Kier alpha value is -4.66. The van der Waals surface area contributed by atoms with Gasteiger partial charge in [-0.1, -0.05) is 84.9 Å². The number of benzene rings is 4. The van der Waals surface area contributed by atoms with Gasteiger partial charge in [0.25, 0.3) is 0 Å². The maximum atomic E-state index is 5.93. The molecule has 0 N–H and O–H groups in total. The van der Waals surface area contributed by atoms with Crippen LogP contribution in [0.5, 0.6) is 11.8 Å². The van der Waals surface area contributed by atoms with E-state index in [9.17, 15) is 0 Å². The van der Waals surface area contributed by atoms with Crippen LogP contribution < -0.4 is 9.47 Å². The van der Waals surface area contributed by atoms with Crippen molar-refractivity contribution in [2.24, 2.45) is 0 Å². The molecule has 0 aliphatic heterocycles. The Bertz CT molecular complexity index is 1630. The molecule has 0 bridgehead atoms. The van der Waals surface area contributed by atoms with Crippen molar-refractivity contribution < 1.29 is 9.47 Å². The summed E-state index contributed by atoms with van der Waals surface area (Å²) in [6, 6.07) is 37.2. The van der Waals surface area contributed by atoms with E-state index < -0.39 is 0 Å². The summed E-state index contributed by atoms with van der Waals surface area (Å²) in [5.41, 5.74) is 4.69. The zero-order valence-corrected chi connectivity index (χ0v) is 27.5. The normalized spacial score (nSPS) is 11.3. The highest BCUT2D eigenvalue weighted by Gasteiger charge is 2.13. The molecule has 0 amide bonds. The van der Waals surface area contributed by atoms with Gasteiger partial charge in [0.05, 0.1) is 48.1 Å². The first kappa shape index (κ1) is 32.7. The van der Waals surface area contributed by atoms with E-state index in [4.69, 9.17) is 9.47 Å². The highest BCUT2D eigenvalue weighted by molar-refractivity contribution is 5.85. The van der Waals surface area contributed by atoms with Crippen molar-refractivity contribution in [3.8, 4) is 11.8 Å². The molecule has 2 aromatic heterocycles. The van der Waals surface area contributed by atoms with Gasteiger partial charge in [-0.15, -0.1) is 10.2 Å². The first-order chi connectivity index (χ1) is 22.5. The summed E-state index contributed by atoms with van der Waals surface area (Å²) in [5, 5.41) is 11.5. The summed E-state index contributed by atoms with van der Waals surface area (Å²) in [6.07, 6.45) is 1.99. The molecule has 0 unspecified atom stereocenters. The van der Waals surface area contributed by atoms with Gasteiger partial charge >= 0.3 is 0 Å². The fourth-order valence-electron chi connectivity index (χ4n) is 5.26. The van der Waals surface area contributed by atoms with E-state index in [0.717, 1.165) is 72.6 Å². The zero-order chi connectivity index (χ0) is 32.1. The van der Waals surface area contributed by atoms with Gasteiger partial charge in [0.2, 0.25) is 11.8 Å². The van der Waals surface area contributed by atoms with Gasteiger partial charge in [-0.3, -0.25) is 9.36 Å². The van der Waals surface area contributed by atoms with Crippen LogP contribution in [0.3, 0.4) is 0 Å². The SMILES string of the molecule is CN(C)CCCOc1nn(Cc2ccccc2)c2ccccc12.CN(C)CCCOc1nn(Cc2ccccc2)c2ccccc12. The minimum atomic E-state index is 0.685. The number of rotatable bonds is 14. The summed E-state index contributed by atoms with van der Waals surface area (Å²) < 4.78 is 15.9. The van der Waals surface area contributed by atoms with Gasteiger partial charge < -0.3 is 19.3 Å². The second-order valence-electron chi connectivity index (χ2n) is 11.9. The third-order valence-electron chi connectivity index (χ3n) is 7.58. The second kappa shape index (κ2) is 16.6. The first-order valence-electron chi connectivity index (χ1n) is 16.0. The molecule has 0 saturated carbocycles. The van der Waals surface area contributed by atoms with Crippen molar-refractivity contribution in [2.75, 3.05) is 54.5 Å². The van der Waals surface area contributed by atoms with Crippen molar-refractivity contribution in [3.05, 3.63) is 120 Å². The summed E-state index contributed by atoms with van der Waals surface area (Å²) in [6.45, 7) is 4.91. The van der Waals surface area contributed by atoms with E-state index in [1.54, 1.807) is 0 Å². The Morgan fingerprint density at radius 1 is 0.500 bits per heavy atom. The lowest BCUT2D eigenvalue weighted by molar-refractivity contribution is 0.273. The third-order valence-corrected chi connectivity index (χ3v) is 7.58. The van der Waals surface area contributed by atoms with Crippen LogP contribution >= 0.6 is 0 Å². The first-order valence-corrected chi connectivity index (χ1v) is 16.0. The van der Waals surface area contributed by atoms with E-state index in [1.807, 2.05) is 45.8 Å². The highest BCUT2D eigenvalue weighted by atomic mass is 16.5. The molecule has 2 heterocycles. The number of aromatic nitrogens is 4. The molecule has 0 fully saturated rings. The summed E-state index contributed by atoms with van der Waals surface area (Å²) in [5.74, 6) is 1.46. The largest absolute Gasteiger partial charge is 0.476 e. The Morgan fingerprint density at radius 2 is 0.870 bits per heavy atom. The fourth-order valence-corrected chi connectivity index (χ4v) is 5.26. The number of para-hydroxylation sites is 2. The van der Waals surface area contributed by atoms with Crippen LogP contribution in [0.1, 0.15) is 24.0 Å². The summed E-state index contributed by atoms with van der Waals surface area (Å²) >= 11 is 0. The second-order valence-corrected chi connectivity index (χ2v) is 11.9. The molecular weight excluding hydrogens is 572 g/mol. The van der Waals surface area contributed by atoms with Gasteiger partial charge in [-0.05, 0) is 76.4 Å². The number of ether oxygens (including phenoxy) is 2. The molecule has 0 saturated heterocycles. The quantitative estimate of drug-likeness (QED) is 0.125. The lowest BCUT2D eigenvalue weighted by atomic mass is 10.2. The van der Waals surface area contributed by atoms with Crippen LogP contribution in [0.4, 0.5) is 0 Å². The zero-order valence-electron chi connectivity index (χ0n) is 27.5. The topological polar surface area (TPSA) is 60.6 Å². The monoisotopic (exact) mass is 618 g/mol. The van der Waals surface area contributed by atoms with Crippen LogP contribution in [-0.4, -0.2) is 83.9 Å². The van der Waals surface area contributed by atoms with Gasteiger partial charge in [0.15, 0.2) is 0 Å². The molecule has 0 spiro atoms. The summed E-state index contributed by atoms with van der Waals surface area (Å²) in [7, 11) is 8.29. The van der Waals surface area contributed by atoms with E-state index in [-0.39, 0.29) is 0 Å². The van der Waals surface area contributed by atoms with Crippen molar-refractivity contribution in [3.63, 3.8) is 0 Å². The third kappa shape index (κ3) is 9.19. The van der Waals surface area contributed by atoms with Crippen molar-refractivity contribution in [1.29, 1.82) is 0 Å². The highest BCUT2D eigenvalue weighted by Crippen LogP contribution is 2.26. The van der Waals surface area contributed by atoms with Gasteiger partial charge in [-0.25, -0.2) is 0 Å². The lowest BCUT2D eigenvalue weighted by Gasteiger charge is -2.09. The maximum absolute atomic E-state index is 5.93. The van der Waals surface area contributed by atoms with Gasteiger partial charge in [0.1, 0.15) is 0 Å². The predicted octanol–water partition coefficient (Wildman–Crippen LogP) is 6.83. The maximum Gasteiger partial charge on any atom is 0.240 e. The van der Waals surface area contributed by atoms with Crippen molar-refractivity contribution >= 4 is 21.8 Å². The summed E-state index contributed by atoms with van der Waals surface area (Å²) in [4.78, 5) is 4.32. The Morgan fingerprint density at radius 3 is 1.26 bits per heavy atom. The molecule has 0 radical (unpaired) electrons. The number of hydrogen-bond acceptors (Lipinski definition) is 6. The molecule has 6 rings (SSSR count). The van der Waals surface area contributed by atoms with E-state index in [2.05, 4.69) is 121 Å². The Balaban J connectivity index is 0.000000181.